The predicted octanol–water partition coefficient (Wildman–Crippen LogP) is 3.20. The van der Waals surface area contributed by atoms with Crippen molar-refractivity contribution in [1.29, 1.82) is 0 Å². The molecule has 2 aromatic rings. The van der Waals surface area contributed by atoms with Crippen LogP contribution in [0.3, 0.4) is 0 Å². The van der Waals surface area contributed by atoms with E-state index in [9.17, 15) is 13.5 Å². The van der Waals surface area contributed by atoms with Crippen molar-refractivity contribution in [2.45, 2.75) is 37.0 Å². The summed E-state index contributed by atoms with van der Waals surface area (Å²) in [5.41, 5.74) is 2.68. The molecule has 2 unspecified atom stereocenters. The first-order valence-electron chi connectivity index (χ1n) is 6.87. The Labute approximate surface area is 126 Å². The van der Waals surface area contributed by atoms with Gasteiger partial charge in [0, 0.05) is 0 Å². The van der Waals surface area contributed by atoms with E-state index < -0.39 is 21.2 Å². The highest BCUT2D eigenvalue weighted by Gasteiger charge is 2.30. The van der Waals surface area contributed by atoms with E-state index in [1.54, 1.807) is 43.3 Å². The number of rotatable bonds is 4. The largest absolute Gasteiger partial charge is 0.387 e. The van der Waals surface area contributed by atoms with Gasteiger partial charge in [-0.2, -0.15) is 0 Å². The number of hydrogen-bond donors (Lipinski definition) is 1. The smallest absolute Gasteiger partial charge is 0.183 e. The lowest BCUT2D eigenvalue weighted by molar-refractivity contribution is 0.176. The molecule has 0 aliphatic heterocycles. The van der Waals surface area contributed by atoms with Crippen LogP contribution >= 0.6 is 0 Å². The van der Waals surface area contributed by atoms with E-state index in [1.165, 1.54) is 0 Å². The summed E-state index contributed by atoms with van der Waals surface area (Å²) in [6.45, 7) is 5.39. The summed E-state index contributed by atoms with van der Waals surface area (Å²) in [4.78, 5) is 0.242. The van der Waals surface area contributed by atoms with Gasteiger partial charge in [-0.1, -0.05) is 47.5 Å². The van der Waals surface area contributed by atoms with E-state index in [0.717, 1.165) is 11.1 Å². The molecule has 2 atom stereocenters. The Bertz CT molecular complexity index is 701. The quantitative estimate of drug-likeness (QED) is 0.943. The highest BCUT2D eigenvalue weighted by molar-refractivity contribution is 7.92. The first-order valence-corrected chi connectivity index (χ1v) is 8.42. The SMILES string of the molecule is Cc1ccc(C(O)C(C)S(=O)(=O)c2ccc(C)cc2)cc1. The van der Waals surface area contributed by atoms with Gasteiger partial charge in [0.25, 0.3) is 0 Å². The van der Waals surface area contributed by atoms with Crippen molar-refractivity contribution >= 4 is 9.84 Å². The molecule has 112 valence electrons. The maximum absolute atomic E-state index is 12.6. The van der Waals surface area contributed by atoms with Crippen LogP contribution in [0, 0.1) is 13.8 Å². The van der Waals surface area contributed by atoms with Crippen LogP contribution in [0.1, 0.15) is 29.7 Å². The monoisotopic (exact) mass is 304 g/mol. The van der Waals surface area contributed by atoms with Crippen molar-refractivity contribution in [3.8, 4) is 0 Å². The molecule has 0 amide bonds. The summed E-state index contributed by atoms with van der Waals surface area (Å²) in [5.74, 6) is 0. The lowest BCUT2D eigenvalue weighted by Gasteiger charge is -2.20. The Morgan fingerprint density at radius 3 is 1.76 bits per heavy atom. The summed E-state index contributed by atoms with van der Waals surface area (Å²) in [6, 6.07) is 14.0. The zero-order chi connectivity index (χ0) is 15.6. The highest BCUT2D eigenvalue weighted by atomic mass is 32.2. The minimum atomic E-state index is -3.56. The molecule has 0 saturated carbocycles. The lowest BCUT2D eigenvalue weighted by Crippen LogP contribution is -2.25. The fourth-order valence-corrected chi connectivity index (χ4v) is 3.59. The average molecular weight is 304 g/mol. The molecule has 21 heavy (non-hydrogen) atoms. The minimum absolute atomic E-state index is 0.242. The van der Waals surface area contributed by atoms with Crippen molar-refractivity contribution in [2.75, 3.05) is 0 Å². The van der Waals surface area contributed by atoms with Gasteiger partial charge < -0.3 is 5.11 Å². The fourth-order valence-electron chi connectivity index (χ4n) is 2.15. The van der Waals surface area contributed by atoms with Crippen molar-refractivity contribution in [1.82, 2.24) is 0 Å². The summed E-state index contributed by atoms with van der Waals surface area (Å²) >= 11 is 0. The molecular formula is C17H20O3S. The minimum Gasteiger partial charge on any atom is -0.387 e. The Morgan fingerprint density at radius 1 is 0.857 bits per heavy atom. The second-order valence-corrected chi connectivity index (χ2v) is 7.72. The van der Waals surface area contributed by atoms with Gasteiger partial charge in [-0.05, 0) is 38.5 Å². The molecule has 4 heteroatoms. The molecule has 0 aliphatic carbocycles. The molecule has 0 aliphatic rings. The van der Waals surface area contributed by atoms with E-state index in [4.69, 9.17) is 0 Å². The lowest BCUT2D eigenvalue weighted by atomic mass is 10.1. The molecule has 2 rings (SSSR count). The summed E-state index contributed by atoms with van der Waals surface area (Å²) in [7, 11) is -3.56. The Morgan fingerprint density at radius 2 is 1.29 bits per heavy atom. The number of aliphatic hydroxyl groups excluding tert-OH is 1. The molecule has 0 spiro atoms. The van der Waals surface area contributed by atoms with Crippen molar-refractivity contribution in [3.05, 3.63) is 65.2 Å². The second-order valence-electron chi connectivity index (χ2n) is 5.42. The van der Waals surface area contributed by atoms with Crippen LogP contribution in [-0.2, 0) is 9.84 Å². The number of aliphatic hydroxyl groups is 1. The molecular weight excluding hydrogens is 284 g/mol. The van der Waals surface area contributed by atoms with Gasteiger partial charge in [0.15, 0.2) is 9.84 Å². The van der Waals surface area contributed by atoms with Gasteiger partial charge >= 0.3 is 0 Å². The van der Waals surface area contributed by atoms with Crippen LogP contribution in [0.25, 0.3) is 0 Å². The van der Waals surface area contributed by atoms with Crippen LogP contribution in [0.4, 0.5) is 0 Å². The second kappa shape index (κ2) is 6.00. The molecule has 0 saturated heterocycles. The Kier molecular flexibility index (Phi) is 4.49. The Balaban J connectivity index is 2.31. The van der Waals surface area contributed by atoms with E-state index in [1.807, 2.05) is 26.0 Å². The van der Waals surface area contributed by atoms with E-state index in [2.05, 4.69) is 0 Å². The fraction of sp³-hybridized carbons (Fsp3) is 0.294. The molecule has 0 radical (unpaired) electrons. The van der Waals surface area contributed by atoms with Gasteiger partial charge in [0.2, 0.25) is 0 Å². The predicted molar refractivity (Wildman–Crippen MR) is 84.0 cm³/mol. The first kappa shape index (κ1) is 15.7. The topological polar surface area (TPSA) is 54.4 Å². The average Bonchev–Trinajstić information content (AvgIpc) is 2.47. The number of aryl methyl sites for hydroxylation is 2. The van der Waals surface area contributed by atoms with E-state index in [0.29, 0.717) is 5.56 Å². The zero-order valence-corrected chi connectivity index (χ0v) is 13.3. The third-order valence-corrected chi connectivity index (χ3v) is 5.87. The molecule has 0 heterocycles. The molecule has 2 aromatic carbocycles. The van der Waals surface area contributed by atoms with Gasteiger partial charge in [-0.25, -0.2) is 8.42 Å². The van der Waals surface area contributed by atoms with Crippen LogP contribution in [-0.4, -0.2) is 18.8 Å². The van der Waals surface area contributed by atoms with Crippen molar-refractivity contribution < 1.29 is 13.5 Å². The zero-order valence-electron chi connectivity index (χ0n) is 12.4. The third kappa shape index (κ3) is 3.34. The van der Waals surface area contributed by atoms with Crippen molar-refractivity contribution in [2.24, 2.45) is 0 Å². The number of benzene rings is 2. The van der Waals surface area contributed by atoms with Crippen molar-refractivity contribution in [3.63, 3.8) is 0 Å². The van der Waals surface area contributed by atoms with E-state index in [-0.39, 0.29) is 4.90 Å². The maximum Gasteiger partial charge on any atom is 0.183 e. The third-order valence-electron chi connectivity index (χ3n) is 3.70. The molecule has 0 bridgehead atoms. The van der Waals surface area contributed by atoms with Crippen LogP contribution < -0.4 is 0 Å². The first-order chi connectivity index (χ1) is 9.82. The summed E-state index contributed by atoms with van der Waals surface area (Å²) in [5, 5.41) is 9.45. The maximum atomic E-state index is 12.6. The van der Waals surface area contributed by atoms with Gasteiger partial charge in [0.1, 0.15) is 0 Å². The summed E-state index contributed by atoms with van der Waals surface area (Å²) < 4.78 is 25.1. The van der Waals surface area contributed by atoms with Crippen LogP contribution in [0.5, 0.6) is 0 Å². The summed E-state index contributed by atoms with van der Waals surface area (Å²) in [6.07, 6.45) is -1.04. The molecule has 0 fully saturated rings. The van der Waals surface area contributed by atoms with E-state index >= 15 is 0 Å². The standard InChI is InChI=1S/C17H20O3S/c1-12-4-8-15(9-5-12)17(18)14(3)21(19,20)16-10-6-13(2)7-11-16/h4-11,14,17-18H,1-3H3. The van der Waals surface area contributed by atoms with Crippen LogP contribution in [0.15, 0.2) is 53.4 Å². The van der Waals surface area contributed by atoms with Crippen LogP contribution in [0.2, 0.25) is 0 Å². The van der Waals surface area contributed by atoms with Gasteiger partial charge in [-0.3, -0.25) is 0 Å². The molecule has 3 nitrogen and oxygen atoms in total. The number of sulfone groups is 1. The highest BCUT2D eigenvalue weighted by Crippen LogP contribution is 2.27. The molecule has 0 aromatic heterocycles. The number of hydrogen-bond acceptors (Lipinski definition) is 3. The molecule has 1 N–H and O–H groups in total. The Hall–Kier alpha value is -1.65. The van der Waals surface area contributed by atoms with Gasteiger partial charge in [-0.15, -0.1) is 0 Å². The normalized spacial score (nSPS) is 14.7. The van der Waals surface area contributed by atoms with Gasteiger partial charge in [0.05, 0.1) is 16.2 Å².